The number of carbonyl (C=O) groups is 1. The Morgan fingerprint density at radius 3 is 2.71 bits per heavy atom. The topological polar surface area (TPSA) is 41.9 Å². The molecule has 1 atom stereocenters. The number of nitrogens with zero attached hydrogens (tertiary/aromatic N) is 2. The van der Waals surface area contributed by atoms with Crippen LogP contribution >= 0.6 is 23.4 Å². The number of carbonyl (C=O) groups excluding carboxylic acids is 1. The van der Waals surface area contributed by atoms with Gasteiger partial charge in [-0.05, 0) is 49.4 Å². The van der Waals surface area contributed by atoms with Crippen LogP contribution in [0.15, 0.2) is 52.5 Å². The van der Waals surface area contributed by atoms with Gasteiger partial charge in [-0.2, -0.15) is 10.1 Å². The lowest BCUT2D eigenvalue weighted by Crippen LogP contribution is -2.41. The fourth-order valence-electron chi connectivity index (χ4n) is 3.00. The number of fused-ring (bicyclic) bond motifs is 3. The molecule has 1 amide bonds. The van der Waals surface area contributed by atoms with Gasteiger partial charge in [-0.15, -0.1) is 11.8 Å². The van der Waals surface area contributed by atoms with E-state index in [0.717, 1.165) is 27.6 Å². The largest absolute Gasteiger partial charge is 0.497 e. The first-order valence-corrected chi connectivity index (χ1v) is 8.90. The molecule has 24 heavy (non-hydrogen) atoms. The Morgan fingerprint density at radius 1 is 1.25 bits per heavy atom. The summed E-state index contributed by atoms with van der Waals surface area (Å²) in [4.78, 5) is 14.2. The Labute approximate surface area is 149 Å². The van der Waals surface area contributed by atoms with Crippen molar-refractivity contribution in [1.29, 1.82) is 0 Å². The van der Waals surface area contributed by atoms with E-state index >= 15 is 0 Å². The maximum absolute atomic E-state index is 13.0. The number of thioether (sulfide) groups is 1. The van der Waals surface area contributed by atoms with Crippen LogP contribution in [0.5, 0.6) is 5.75 Å². The van der Waals surface area contributed by atoms with Gasteiger partial charge in [-0.3, -0.25) is 4.79 Å². The predicted molar refractivity (Wildman–Crippen MR) is 97.3 cm³/mol. The van der Waals surface area contributed by atoms with Gasteiger partial charge in [0.25, 0.3) is 5.91 Å². The molecule has 2 aliphatic rings. The molecule has 2 aliphatic heterocycles. The monoisotopic (exact) mass is 358 g/mol. The number of benzene rings is 2. The van der Waals surface area contributed by atoms with Crippen molar-refractivity contribution in [2.45, 2.75) is 11.8 Å². The molecule has 4 rings (SSSR count). The van der Waals surface area contributed by atoms with Gasteiger partial charge in [0.2, 0.25) is 0 Å². The number of amides is 1. The summed E-state index contributed by atoms with van der Waals surface area (Å²) in [5.74, 6) is 1.42. The normalized spacial score (nSPS) is 22.0. The molecule has 0 aliphatic carbocycles. The highest BCUT2D eigenvalue weighted by molar-refractivity contribution is 7.99. The lowest BCUT2D eigenvalue weighted by atomic mass is 9.82. The van der Waals surface area contributed by atoms with Gasteiger partial charge in [-0.1, -0.05) is 11.6 Å². The standard InChI is InChI=1S/C18H15ClN2O2S/c1-18-10-24-15-8-7-13(23-2)9-14(15)16(18)20-21(17(18)22)12-5-3-11(19)4-6-12/h3-9H,10H2,1-2H3. The van der Waals surface area contributed by atoms with Crippen molar-refractivity contribution in [1.82, 2.24) is 0 Å². The van der Waals surface area contributed by atoms with Crippen molar-refractivity contribution >= 4 is 40.7 Å². The molecular weight excluding hydrogens is 344 g/mol. The third kappa shape index (κ3) is 2.23. The fraction of sp³-hybridized carbons (Fsp3) is 0.222. The molecule has 2 heterocycles. The van der Waals surface area contributed by atoms with Crippen LogP contribution in [0.2, 0.25) is 5.02 Å². The van der Waals surface area contributed by atoms with E-state index in [-0.39, 0.29) is 5.91 Å². The molecule has 122 valence electrons. The van der Waals surface area contributed by atoms with E-state index < -0.39 is 5.41 Å². The first-order chi connectivity index (χ1) is 11.5. The SMILES string of the molecule is COc1ccc2c(c1)C1=NN(c3ccc(Cl)cc3)C(=O)C1(C)CS2. The molecule has 0 fully saturated rings. The molecule has 0 aromatic heterocycles. The average Bonchev–Trinajstić information content (AvgIpc) is 2.87. The Balaban J connectivity index is 1.84. The number of hydrogen-bond acceptors (Lipinski definition) is 4. The molecule has 0 spiro atoms. The summed E-state index contributed by atoms with van der Waals surface area (Å²) in [6, 6.07) is 13.1. The number of rotatable bonds is 2. The summed E-state index contributed by atoms with van der Waals surface area (Å²) in [5.41, 5.74) is 1.86. The number of hydrazone groups is 1. The quantitative estimate of drug-likeness (QED) is 0.807. The van der Waals surface area contributed by atoms with Gasteiger partial charge in [0.1, 0.15) is 11.2 Å². The van der Waals surface area contributed by atoms with E-state index in [0.29, 0.717) is 10.8 Å². The van der Waals surface area contributed by atoms with Crippen molar-refractivity contribution in [2.75, 3.05) is 17.9 Å². The predicted octanol–water partition coefficient (Wildman–Crippen LogP) is 4.21. The zero-order valence-corrected chi connectivity index (χ0v) is 14.8. The molecular formula is C18H15ClN2O2S. The third-order valence-corrected chi connectivity index (χ3v) is 6.06. The summed E-state index contributed by atoms with van der Waals surface area (Å²) in [6.07, 6.45) is 0. The van der Waals surface area contributed by atoms with Gasteiger partial charge in [0.05, 0.1) is 18.5 Å². The molecule has 1 unspecified atom stereocenters. The summed E-state index contributed by atoms with van der Waals surface area (Å²) in [7, 11) is 1.64. The highest BCUT2D eigenvalue weighted by Crippen LogP contribution is 2.46. The van der Waals surface area contributed by atoms with Crippen LogP contribution in [0.25, 0.3) is 0 Å². The summed E-state index contributed by atoms with van der Waals surface area (Å²) >= 11 is 7.63. The fourth-order valence-corrected chi connectivity index (χ4v) is 4.30. The van der Waals surface area contributed by atoms with Crippen molar-refractivity contribution in [3.05, 3.63) is 53.1 Å². The second-order valence-corrected chi connectivity index (χ2v) is 7.48. The Kier molecular flexibility index (Phi) is 3.58. The second-order valence-electron chi connectivity index (χ2n) is 6.02. The Morgan fingerprint density at radius 2 is 2.00 bits per heavy atom. The van der Waals surface area contributed by atoms with Gasteiger partial charge in [-0.25, -0.2) is 0 Å². The molecule has 2 aromatic rings. The van der Waals surface area contributed by atoms with Crippen molar-refractivity contribution < 1.29 is 9.53 Å². The van der Waals surface area contributed by atoms with Crippen molar-refractivity contribution in [2.24, 2.45) is 10.5 Å². The van der Waals surface area contributed by atoms with E-state index in [1.54, 1.807) is 31.0 Å². The molecule has 4 nitrogen and oxygen atoms in total. The maximum Gasteiger partial charge on any atom is 0.260 e. The smallest absolute Gasteiger partial charge is 0.260 e. The van der Waals surface area contributed by atoms with E-state index in [1.165, 1.54) is 5.01 Å². The van der Waals surface area contributed by atoms with E-state index in [1.807, 2.05) is 37.3 Å². The van der Waals surface area contributed by atoms with Gasteiger partial charge in [0, 0.05) is 21.2 Å². The molecule has 0 saturated carbocycles. The third-order valence-electron chi connectivity index (χ3n) is 4.42. The first kappa shape index (κ1) is 15.5. The number of methoxy groups -OCH3 is 1. The lowest BCUT2D eigenvalue weighted by Gasteiger charge is -2.29. The number of halogens is 1. The van der Waals surface area contributed by atoms with Crippen LogP contribution in [0.4, 0.5) is 5.69 Å². The van der Waals surface area contributed by atoms with E-state index in [2.05, 4.69) is 5.10 Å². The van der Waals surface area contributed by atoms with Crippen LogP contribution in [-0.4, -0.2) is 24.5 Å². The molecule has 2 aromatic carbocycles. The molecule has 0 radical (unpaired) electrons. The minimum absolute atomic E-state index is 0.0132. The zero-order chi connectivity index (χ0) is 16.9. The minimum Gasteiger partial charge on any atom is -0.497 e. The first-order valence-electron chi connectivity index (χ1n) is 7.53. The lowest BCUT2D eigenvalue weighted by molar-refractivity contribution is -0.122. The van der Waals surface area contributed by atoms with Crippen molar-refractivity contribution in [3.8, 4) is 5.75 Å². The summed E-state index contributed by atoms with van der Waals surface area (Å²) in [5, 5.41) is 6.79. The van der Waals surface area contributed by atoms with E-state index in [9.17, 15) is 4.79 Å². The van der Waals surface area contributed by atoms with Crippen LogP contribution < -0.4 is 9.75 Å². The average molecular weight is 359 g/mol. The molecule has 0 saturated heterocycles. The summed E-state index contributed by atoms with van der Waals surface area (Å²) < 4.78 is 5.34. The Hall–Kier alpha value is -1.98. The molecule has 0 N–H and O–H groups in total. The summed E-state index contributed by atoms with van der Waals surface area (Å²) in [6.45, 7) is 1.96. The van der Waals surface area contributed by atoms with Gasteiger partial charge in [0.15, 0.2) is 0 Å². The van der Waals surface area contributed by atoms with Crippen LogP contribution in [0.1, 0.15) is 12.5 Å². The second kappa shape index (κ2) is 5.53. The van der Waals surface area contributed by atoms with Gasteiger partial charge < -0.3 is 4.74 Å². The van der Waals surface area contributed by atoms with Crippen LogP contribution in [-0.2, 0) is 4.79 Å². The number of ether oxygens (including phenoxy) is 1. The van der Waals surface area contributed by atoms with Crippen molar-refractivity contribution in [3.63, 3.8) is 0 Å². The maximum atomic E-state index is 13.0. The molecule has 0 bridgehead atoms. The van der Waals surface area contributed by atoms with Crippen LogP contribution in [0.3, 0.4) is 0 Å². The highest BCUT2D eigenvalue weighted by atomic mass is 35.5. The zero-order valence-electron chi connectivity index (χ0n) is 13.2. The molecule has 6 heteroatoms. The van der Waals surface area contributed by atoms with E-state index in [4.69, 9.17) is 16.3 Å². The number of hydrogen-bond donors (Lipinski definition) is 0. The van der Waals surface area contributed by atoms with Gasteiger partial charge >= 0.3 is 0 Å². The highest BCUT2D eigenvalue weighted by Gasteiger charge is 2.51. The Bertz CT molecular complexity index is 866. The number of anilines is 1. The minimum atomic E-state index is -0.635. The van der Waals surface area contributed by atoms with Crippen LogP contribution in [0, 0.1) is 5.41 Å².